The second-order valence-electron chi connectivity index (χ2n) is 6.14. The van der Waals surface area contributed by atoms with E-state index in [1.807, 2.05) is 19.1 Å². The number of hydrogen-bond donors (Lipinski definition) is 0. The average Bonchev–Trinajstić information content (AvgIpc) is 2.55. The highest BCUT2D eigenvalue weighted by Gasteiger charge is 2.13. The third kappa shape index (κ3) is 3.24. The summed E-state index contributed by atoms with van der Waals surface area (Å²) >= 11 is 0. The van der Waals surface area contributed by atoms with Crippen LogP contribution in [0.4, 0.5) is 5.69 Å². The van der Waals surface area contributed by atoms with Crippen LogP contribution in [-0.2, 0) is 0 Å². The van der Waals surface area contributed by atoms with Crippen LogP contribution in [0.2, 0.25) is 0 Å². The summed E-state index contributed by atoms with van der Waals surface area (Å²) in [5, 5.41) is 0. The number of aromatic nitrogens is 1. The van der Waals surface area contributed by atoms with Gasteiger partial charge in [0.15, 0.2) is 5.78 Å². The number of rotatable bonds is 3. The zero-order valence-electron chi connectivity index (χ0n) is 15.0. The lowest BCUT2D eigenvalue weighted by Crippen LogP contribution is -2.05. The van der Waals surface area contributed by atoms with Crippen molar-refractivity contribution in [2.45, 2.75) is 48.5 Å². The first-order valence-electron chi connectivity index (χ1n) is 7.84. The van der Waals surface area contributed by atoms with Crippen molar-refractivity contribution in [3.8, 4) is 0 Å². The van der Waals surface area contributed by atoms with Crippen LogP contribution in [0.25, 0.3) is 0 Å². The molecule has 2 rings (SSSR count). The summed E-state index contributed by atoms with van der Waals surface area (Å²) in [7, 11) is 0. The van der Waals surface area contributed by atoms with E-state index in [1.54, 1.807) is 6.07 Å². The smallest absolute Gasteiger partial charge is 0.178 e. The molecule has 0 N–H and O–H groups in total. The van der Waals surface area contributed by atoms with E-state index < -0.39 is 0 Å². The minimum atomic E-state index is -0.0333. The highest BCUT2D eigenvalue weighted by molar-refractivity contribution is 6.00. The third-order valence-electron chi connectivity index (χ3n) is 4.72. The van der Waals surface area contributed by atoms with Gasteiger partial charge in [-0.3, -0.25) is 9.79 Å². The zero-order valence-corrected chi connectivity index (χ0v) is 15.0. The van der Waals surface area contributed by atoms with Crippen molar-refractivity contribution in [3.63, 3.8) is 0 Å². The SMILES string of the molecule is CC(=O)c1cccc(C(C)=Nc2c(C)c(C)c(C)c(C)c2C)n1. The predicted octanol–water partition coefficient (Wildman–Crippen LogP) is 4.97. The largest absolute Gasteiger partial charge is 0.293 e. The van der Waals surface area contributed by atoms with E-state index in [0.29, 0.717) is 5.69 Å². The molecule has 1 aromatic carbocycles. The second-order valence-corrected chi connectivity index (χ2v) is 6.14. The van der Waals surface area contributed by atoms with Gasteiger partial charge in [0.1, 0.15) is 5.69 Å². The van der Waals surface area contributed by atoms with Gasteiger partial charge < -0.3 is 0 Å². The minimum Gasteiger partial charge on any atom is -0.293 e. The Morgan fingerprint density at radius 1 is 0.826 bits per heavy atom. The maximum atomic E-state index is 11.5. The van der Waals surface area contributed by atoms with Crippen molar-refractivity contribution in [2.75, 3.05) is 0 Å². The number of aliphatic imine (C=N–C) groups is 1. The Labute approximate surface area is 138 Å². The van der Waals surface area contributed by atoms with Crippen molar-refractivity contribution in [1.82, 2.24) is 4.98 Å². The summed E-state index contributed by atoms with van der Waals surface area (Å²) in [6, 6.07) is 5.48. The quantitative estimate of drug-likeness (QED) is 0.593. The van der Waals surface area contributed by atoms with Gasteiger partial charge in [-0.05, 0) is 81.5 Å². The molecule has 0 atom stereocenters. The topological polar surface area (TPSA) is 42.3 Å². The molecule has 0 fully saturated rings. The van der Waals surface area contributed by atoms with Gasteiger partial charge in [0.2, 0.25) is 0 Å². The van der Waals surface area contributed by atoms with E-state index in [4.69, 9.17) is 4.99 Å². The molecule has 0 bridgehead atoms. The Morgan fingerprint density at radius 3 is 1.83 bits per heavy atom. The summed E-state index contributed by atoms with van der Waals surface area (Å²) in [5.41, 5.74) is 9.35. The van der Waals surface area contributed by atoms with Crippen LogP contribution in [0.3, 0.4) is 0 Å². The fourth-order valence-electron chi connectivity index (χ4n) is 2.71. The van der Waals surface area contributed by atoms with E-state index in [9.17, 15) is 4.79 Å². The Morgan fingerprint density at radius 2 is 1.30 bits per heavy atom. The van der Waals surface area contributed by atoms with E-state index in [2.05, 4.69) is 39.6 Å². The fourth-order valence-corrected chi connectivity index (χ4v) is 2.71. The summed E-state index contributed by atoms with van der Waals surface area (Å²) in [6.45, 7) is 14.1. The maximum absolute atomic E-state index is 11.5. The van der Waals surface area contributed by atoms with Gasteiger partial charge in [0.25, 0.3) is 0 Å². The molecule has 0 saturated heterocycles. The lowest BCUT2D eigenvalue weighted by molar-refractivity contribution is 0.101. The number of carbonyl (C=O) groups excluding carboxylic acids is 1. The Hall–Kier alpha value is -2.29. The number of benzene rings is 1. The zero-order chi connectivity index (χ0) is 17.3. The van der Waals surface area contributed by atoms with Gasteiger partial charge in [0.05, 0.1) is 17.1 Å². The monoisotopic (exact) mass is 308 g/mol. The first kappa shape index (κ1) is 17.1. The number of carbonyl (C=O) groups is 1. The van der Waals surface area contributed by atoms with Gasteiger partial charge >= 0.3 is 0 Å². The number of hydrogen-bond acceptors (Lipinski definition) is 3. The van der Waals surface area contributed by atoms with Crippen LogP contribution in [0.5, 0.6) is 0 Å². The highest BCUT2D eigenvalue weighted by Crippen LogP contribution is 2.32. The van der Waals surface area contributed by atoms with E-state index in [0.717, 1.165) is 17.1 Å². The van der Waals surface area contributed by atoms with Crippen molar-refractivity contribution in [3.05, 3.63) is 57.4 Å². The van der Waals surface area contributed by atoms with E-state index >= 15 is 0 Å². The van der Waals surface area contributed by atoms with Crippen molar-refractivity contribution in [1.29, 1.82) is 0 Å². The molecule has 3 nitrogen and oxygen atoms in total. The van der Waals surface area contributed by atoms with Crippen LogP contribution in [0.15, 0.2) is 23.2 Å². The normalized spacial score (nSPS) is 11.7. The van der Waals surface area contributed by atoms with Crippen LogP contribution in [-0.4, -0.2) is 16.5 Å². The van der Waals surface area contributed by atoms with E-state index in [-0.39, 0.29) is 5.78 Å². The fraction of sp³-hybridized carbons (Fsp3) is 0.350. The van der Waals surface area contributed by atoms with Gasteiger partial charge in [-0.2, -0.15) is 0 Å². The molecule has 0 aliphatic carbocycles. The standard InChI is InChI=1S/C20H24N2O/c1-11-12(2)14(4)20(15(5)13(11)3)21-16(6)18-9-8-10-19(22-18)17(7)23/h8-10H,1-7H3. The average molecular weight is 308 g/mol. The summed E-state index contributed by atoms with van der Waals surface area (Å²) in [4.78, 5) is 20.8. The van der Waals surface area contributed by atoms with Crippen molar-refractivity contribution in [2.24, 2.45) is 4.99 Å². The molecule has 1 heterocycles. The second kappa shape index (κ2) is 6.45. The van der Waals surface area contributed by atoms with Crippen LogP contribution in [0.1, 0.15) is 57.8 Å². The van der Waals surface area contributed by atoms with Gasteiger partial charge in [0, 0.05) is 6.92 Å². The van der Waals surface area contributed by atoms with Crippen molar-refractivity contribution < 1.29 is 4.79 Å². The summed E-state index contributed by atoms with van der Waals surface area (Å²) in [6.07, 6.45) is 0. The molecule has 120 valence electrons. The molecular weight excluding hydrogens is 284 g/mol. The first-order valence-corrected chi connectivity index (χ1v) is 7.84. The van der Waals surface area contributed by atoms with Gasteiger partial charge in [-0.25, -0.2) is 4.98 Å². The Bertz CT molecular complexity index is 788. The lowest BCUT2D eigenvalue weighted by atomic mass is 9.93. The number of nitrogens with zero attached hydrogens (tertiary/aromatic N) is 2. The summed E-state index contributed by atoms with van der Waals surface area (Å²) < 4.78 is 0. The molecule has 2 aromatic rings. The van der Waals surface area contributed by atoms with Gasteiger partial charge in [-0.1, -0.05) is 6.07 Å². The van der Waals surface area contributed by atoms with E-state index in [1.165, 1.54) is 34.7 Å². The highest BCUT2D eigenvalue weighted by atomic mass is 16.1. The molecule has 23 heavy (non-hydrogen) atoms. The van der Waals surface area contributed by atoms with Crippen molar-refractivity contribution >= 4 is 17.2 Å². The summed E-state index contributed by atoms with van der Waals surface area (Å²) in [5.74, 6) is -0.0333. The van der Waals surface area contributed by atoms with Gasteiger partial charge in [-0.15, -0.1) is 0 Å². The Balaban J connectivity index is 2.59. The first-order chi connectivity index (χ1) is 10.7. The van der Waals surface area contributed by atoms with Crippen LogP contribution >= 0.6 is 0 Å². The third-order valence-corrected chi connectivity index (χ3v) is 4.72. The molecular formula is C20H24N2O. The number of Topliss-reactive ketones (excluding diaryl/α,β-unsaturated/α-hetero) is 1. The lowest BCUT2D eigenvalue weighted by Gasteiger charge is -2.16. The van der Waals surface area contributed by atoms with Crippen LogP contribution < -0.4 is 0 Å². The number of pyridine rings is 1. The molecule has 0 amide bonds. The van der Waals surface area contributed by atoms with Crippen LogP contribution in [0, 0.1) is 34.6 Å². The minimum absolute atomic E-state index is 0.0333. The molecule has 0 radical (unpaired) electrons. The maximum Gasteiger partial charge on any atom is 0.178 e. The molecule has 0 aliphatic heterocycles. The molecule has 1 aromatic heterocycles. The number of ketones is 1. The molecule has 3 heteroatoms. The predicted molar refractivity (Wildman–Crippen MR) is 96.2 cm³/mol. The molecule has 0 saturated carbocycles. The molecule has 0 unspecified atom stereocenters. The molecule has 0 spiro atoms. The Kier molecular flexibility index (Phi) is 4.79. The molecule has 0 aliphatic rings.